The van der Waals surface area contributed by atoms with Crippen molar-refractivity contribution in [2.24, 2.45) is 0 Å². The highest BCUT2D eigenvalue weighted by atomic mass is 19.1. The molecule has 2 nitrogen and oxygen atoms in total. The third-order valence-electron chi connectivity index (χ3n) is 2.38. The summed E-state index contributed by atoms with van der Waals surface area (Å²) in [5.74, 6) is 0. The van der Waals surface area contributed by atoms with Crippen LogP contribution in [0, 0.1) is 6.42 Å². The predicted octanol–water partition coefficient (Wildman–Crippen LogP) is 0.633. The van der Waals surface area contributed by atoms with E-state index < -0.39 is 6.17 Å². The van der Waals surface area contributed by atoms with E-state index in [2.05, 4.69) is 4.90 Å². The monoisotopic (exact) mass is 158 g/mol. The number of likely N-dealkylation sites (tertiary alicyclic amines) is 1. The van der Waals surface area contributed by atoms with Crippen molar-refractivity contribution in [2.45, 2.75) is 18.6 Å². The molecule has 2 saturated heterocycles. The molecular formula is C8H13FNO. The normalized spacial score (nSPS) is 35.2. The van der Waals surface area contributed by atoms with Crippen molar-refractivity contribution in [1.82, 2.24) is 4.90 Å². The van der Waals surface area contributed by atoms with Gasteiger partial charge in [-0.25, -0.2) is 4.39 Å². The minimum Gasteiger partial charge on any atom is -0.378 e. The predicted molar refractivity (Wildman–Crippen MR) is 40.0 cm³/mol. The lowest BCUT2D eigenvalue weighted by atomic mass is 10.1. The maximum atomic E-state index is 12.8. The van der Waals surface area contributed by atoms with Gasteiger partial charge in [0, 0.05) is 6.54 Å². The van der Waals surface area contributed by atoms with E-state index >= 15 is 0 Å². The summed E-state index contributed by atoms with van der Waals surface area (Å²) in [6.45, 7) is 3.18. The molecule has 0 saturated carbocycles. The molecule has 2 fully saturated rings. The summed E-state index contributed by atoms with van der Waals surface area (Å²) < 4.78 is 17.9. The Kier molecular flexibility index (Phi) is 2.09. The highest BCUT2D eigenvalue weighted by Crippen LogP contribution is 2.18. The minimum absolute atomic E-state index is 0.502. The van der Waals surface area contributed by atoms with E-state index in [9.17, 15) is 4.39 Å². The molecule has 2 aliphatic rings. The largest absolute Gasteiger partial charge is 0.378 e. The SMILES string of the molecule is F[C@H]1[CH]CCN(C2COC2)C1. The summed E-state index contributed by atoms with van der Waals surface area (Å²) in [7, 11) is 0. The van der Waals surface area contributed by atoms with Crippen molar-refractivity contribution in [3.05, 3.63) is 6.42 Å². The fraction of sp³-hybridized carbons (Fsp3) is 0.875. The highest BCUT2D eigenvalue weighted by Gasteiger charge is 2.30. The topological polar surface area (TPSA) is 12.5 Å². The van der Waals surface area contributed by atoms with Gasteiger partial charge in [-0.1, -0.05) is 0 Å². The van der Waals surface area contributed by atoms with Gasteiger partial charge in [0.1, 0.15) is 6.17 Å². The number of piperidine rings is 1. The zero-order chi connectivity index (χ0) is 7.68. The zero-order valence-electron chi connectivity index (χ0n) is 6.50. The van der Waals surface area contributed by atoms with Crippen LogP contribution in [-0.4, -0.2) is 43.4 Å². The summed E-state index contributed by atoms with van der Waals surface area (Å²) in [5.41, 5.74) is 0. The smallest absolute Gasteiger partial charge is 0.116 e. The Morgan fingerprint density at radius 2 is 2.27 bits per heavy atom. The molecule has 0 aliphatic carbocycles. The van der Waals surface area contributed by atoms with Crippen molar-refractivity contribution in [1.29, 1.82) is 0 Å². The molecule has 0 aromatic rings. The van der Waals surface area contributed by atoms with Crippen LogP contribution in [-0.2, 0) is 4.74 Å². The number of rotatable bonds is 1. The van der Waals surface area contributed by atoms with Crippen molar-refractivity contribution in [2.75, 3.05) is 26.3 Å². The van der Waals surface area contributed by atoms with Gasteiger partial charge in [0.05, 0.1) is 19.3 Å². The lowest BCUT2D eigenvalue weighted by Crippen LogP contribution is -2.53. The Morgan fingerprint density at radius 3 is 2.82 bits per heavy atom. The van der Waals surface area contributed by atoms with Gasteiger partial charge in [0.25, 0.3) is 0 Å². The Labute approximate surface area is 66.3 Å². The van der Waals surface area contributed by atoms with Crippen LogP contribution in [0.1, 0.15) is 6.42 Å². The van der Waals surface area contributed by atoms with E-state index in [1.165, 1.54) is 0 Å². The van der Waals surface area contributed by atoms with E-state index in [1.54, 1.807) is 6.42 Å². The molecule has 0 bridgehead atoms. The number of hydrogen-bond donors (Lipinski definition) is 0. The zero-order valence-corrected chi connectivity index (χ0v) is 6.50. The fourth-order valence-electron chi connectivity index (χ4n) is 1.58. The molecular weight excluding hydrogens is 145 g/mol. The molecule has 2 aliphatic heterocycles. The first-order chi connectivity index (χ1) is 5.36. The third kappa shape index (κ3) is 1.54. The van der Waals surface area contributed by atoms with Crippen molar-refractivity contribution in [3.8, 4) is 0 Å². The molecule has 11 heavy (non-hydrogen) atoms. The van der Waals surface area contributed by atoms with Gasteiger partial charge in [-0.15, -0.1) is 0 Å². The minimum atomic E-state index is -0.718. The van der Waals surface area contributed by atoms with E-state index in [4.69, 9.17) is 4.74 Å². The van der Waals surface area contributed by atoms with Crippen molar-refractivity contribution < 1.29 is 9.13 Å². The molecule has 0 amide bonds. The Balaban J connectivity index is 1.82. The van der Waals surface area contributed by atoms with Crippen LogP contribution in [0.2, 0.25) is 0 Å². The van der Waals surface area contributed by atoms with Gasteiger partial charge in [-0.05, 0) is 19.4 Å². The quantitative estimate of drug-likeness (QED) is 0.555. The van der Waals surface area contributed by atoms with Crippen LogP contribution >= 0.6 is 0 Å². The average molecular weight is 158 g/mol. The van der Waals surface area contributed by atoms with Gasteiger partial charge in [0.2, 0.25) is 0 Å². The molecule has 0 N–H and O–H groups in total. The van der Waals surface area contributed by atoms with Crippen LogP contribution in [0.3, 0.4) is 0 Å². The highest BCUT2D eigenvalue weighted by molar-refractivity contribution is 4.90. The number of nitrogens with zero attached hydrogens (tertiary/aromatic N) is 1. The lowest BCUT2D eigenvalue weighted by molar-refractivity contribution is -0.0735. The van der Waals surface area contributed by atoms with E-state index in [0.29, 0.717) is 12.6 Å². The first kappa shape index (κ1) is 7.50. The van der Waals surface area contributed by atoms with Gasteiger partial charge < -0.3 is 4.74 Å². The molecule has 63 valence electrons. The van der Waals surface area contributed by atoms with Gasteiger partial charge in [-0.3, -0.25) is 4.90 Å². The van der Waals surface area contributed by atoms with E-state index in [1.807, 2.05) is 0 Å². The van der Waals surface area contributed by atoms with Crippen molar-refractivity contribution in [3.63, 3.8) is 0 Å². The van der Waals surface area contributed by atoms with Crippen LogP contribution in [0.15, 0.2) is 0 Å². The summed E-state index contributed by atoms with van der Waals surface area (Å²) in [6, 6.07) is 0.502. The number of ether oxygens (including phenoxy) is 1. The van der Waals surface area contributed by atoms with Crippen LogP contribution in [0.5, 0.6) is 0 Å². The molecule has 3 heteroatoms. The maximum absolute atomic E-state index is 12.8. The molecule has 1 atom stereocenters. The lowest BCUT2D eigenvalue weighted by Gasteiger charge is -2.40. The third-order valence-corrected chi connectivity index (χ3v) is 2.38. The van der Waals surface area contributed by atoms with E-state index in [-0.39, 0.29) is 0 Å². The summed E-state index contributed by atoms with van der Waals surface area (Å²) in [5, 5.41) is 0. The molecule has 1 radical (unpaired) electrons. The second-order valence-corrected chi connectivity index (χ2v) is 3.23. The molecule has 0 aromatic carbocycles. The second kappa shape index (κ2) is 3.07. The number of halogens is 1. The molecule has 0 aromatic heterocycles. The molecule has 2 rings (SSSR count). The Morgan fingerprint density at radius 1 is 1.45 bits per heavy atom. The van der Waals surface area contributed by atoms with Crippen LogP contribution < -0.4 is 0 Å². The first-order valence-corrected chi connectivity index (χ1v) is 4.15. The average Bonchev–Trinajstić information content (AvgIpc) is 1.83. The summed E-state index contributed by atoms with van der Waals surface area (Å²) in [4.78, 5) is 2.19. The van der Waals surface area contributed by atoms with Gasteiger partial charge >= 0.3 is 0 Å². The standard InChI is InChI=1S/C8H13FNO/c9-7-2-1-3-10(4-7)8-5-11-6-8/h2,7-8H,1,3-6H2/t7-/m0/s1. The summed E-state index contributed by atoms with van der Waals surface area (Å²) >= 11 is 0. The Hall–Kier alpha value is -0.150. The molecule has 0 spiro atoms. The molecule has 2 heterocycles. The number of hydrogen-bond acceptors (Lipinski definition) is 2. The maximum Gasteiger partial charge on any atom is 0.116 e. The Bertz CT molecular complexity index is 138. The van der Waals surface area contributed by atoms with Crippen LogP contribution in [0.4, 0.5) is 4.39 Å². The van der Waals surface area contributed by atoms with Gasteiger partial charge in [0.15, 0.2) is 0 Å². The second-order valence-electron chi connectivity index (χ2n) is 3.23. The summed E-state index contributed by atoms with van der Waals surface area (Å²) in [6.07, 6.45) is 1.93. The number of alkyl halides is 1. The van der Waals surface area contributed by atoms with E-state index in [0.717, 1.165) is 26.2 Å². The molecule has 0 unspecified atom stereocenters. The van der Waals surface area contributed by atoms with Crippen molar-refractivity contribution >= 4 is 0 Å². The van der Waals surface area contributed by atoms with Crippen LogP contribution in [0.25, 0.3) is 0 Å². The fourth-order valence-corrected chi connectivity index (χ4v) is 1.58. The first-order valence-electron chi connectivity index (χ1n) is 4.15. The van der Waals surface area contributed by atoms with Gasteiger partial charge in [-0.2, -0.15) is 0 Å².